The lowest BCUT2D eigenvalue weighted by Crippen LogP contribution is -2.35. The molecule has 17 heavy (non-hydrogen) atoms. The number of hydrogen-bond acceptors (Lipinski definition) is 3. The molecule has 0 radical (unpaired) electrons. The highest BCUT2D eigenvalue weighted by Crippen LogP contribution is 2.29. The molecular weight excluding hydrogens is 222 g/mol. The van der Waals surface area contributed by atoms with E-state index in [1.54, 1.807) is 31.4 Å². The highest BCUT2D eigenvalue weighted by molar-refractivity contribution is 5.89. The van der Waals surface area contributed by atoms with E-state index in [2.05, 4.69) is 5.32 Å². The van der Waals surface area contributed by atoms with Crippen molar-refractivity contribution in [3.8, 4) is 5.75 Å². The first-order chi connectivity index (χ1) is 8.11. The Hall–Kier alpha value is -2.04. The van der Waals surface area contributed by atoms with Gasteiger partial charge in [0.2, 0.25) is 5.91 Å². The topological polar surface area (TPSA) is 75.6 Å². The zero-order valence-corrected chi connectivity index (χ0v) is 9.34. The van der Waals surface area contributed by atoms with Crippen LogP contribution in [0.3, 0.4) is 0 Å². The number of hydrogen-bond donors (Lipinski definition) is 2. The summed E-state index contributed by atoms with van der Waals surface area (Å²) in [6.45, 7) is 0. The number of rotatable bonds is 3. The van der Waals surface area contributed by atoms with Gasteiger partial charge in [-0.2, -0.15) is 0 Å². The van der Waals surface area contributed by atoms with Gasteiger partial charge < -0.3 is 15.2 Å². The van der Waals surface area contributed by atoms with Crippen LogP contribution in [0.25, 0.3) is 0 Å². The van der Waals surface area contributed by atoms with Gasteiger partial charge in [0.1, 0.15) is 11.8 Å². The molecule has 1 amide bonds. The van der Waals surface area contributed by atoms with Crippen LogP contribution in [0, 0.1) is 0 Å². The minimum absolute atomic E-state index is 0.212. The molecule has 5 heteroatoms. The number of ether oxygens (including phenoxy) is 1. The van der Waals surface area contributed by atoms with Crippen LogP contribution in [0.2, 0.25) is 0 Å². The number of methoxy groups -OCH3 is 1. The lowest BCUT2D eigenvalue weighted by atomic mass is 9.92. The molecule has 1 aliphatic rings. The molecule has 1 aromatic rings. The van der Waals surface area contributed by atoms with Crippen molar-refractivity contribution in [1.82, 2.24) is 5.32 Å². The lowest BCUT2D eigenvalue weighted by Gasteiger charge is -2.15. The second kappa shape index (κ2) is 4.45. The van der Waals surface area contributed by atoms with Gasteiger partial charge in [-0.15, -0.1) is 0 Å². The fourth-order valence-corrected chi connectivity index (χ4v) is 2.05. The van der Waals surface area contributed by atoms with Gasteiger partial charge in [0, 0.05) is 12.3 Å². The van der Waals surface area contributed by atoms with E-state index in [0.29, 0.717) is 5.75 Å². The Morgan fingerprint density at radius 2 is 2.06 bits per heavy atom. The number of amides is 1. The molecule has 90 valence electrons. The normalized spacial score (nSPS) is 23.2. The summed E-state index contributed by atoms with van der Waals surface area (Å²) in [4.78, 5) is 22.3. The van der Waals surface area contributed by atoms with Crippen LogP contribution in [0.5, 0.6) is 5.75 Å². The summed E-state index contributed by atoms with van der Waals surface area (Å²) >= 11 is 0. The van der Waals surface area contributed by atoms with Crippen LogP contribution in [0.4, 0.5) is 0 Å². The van der Waals surface area contributed by atoms with Gasteiger partial charge >= 0.3 is 5.97 Å². The van der Waals surface area contributed by atoms with Gasteiger partial charge in [0.15, 0.2) is 0 Å². The van der Waals surface area contributed by atoms with Crippen molar-refractivity contribution in [3.05, 3.63) is 29.8 Å². The van der Waals surface area contributed by atoms with E-state index in [-0.39, 0.29) is 18.2 Å². The molecule has 2 rings (SSSR count). The molecule has 2 atom stereocenters. The van der Waals surface area contributed by atoms with Crippen LogP contribution in [0.1, 0.15) is 17.9 Å². The van der Waals surface area contributed by atoms with Crippen LogP contribution in [-0.4, -0.2) is 30.1 Å². The molecule has 5 nitrogen and oxygen atoms in total. The van der Waals surface area contributed by atoms with Crippen LogP contribution in [0.15, 0.2) is 24.3 Å². The predicted octanol–water partition coefficient (Wildman–Crippen LogP) is 0.752. The Balaban J connectivity index is 2.25. The molecule has 0 aromatic heterocycles. The van der Waals surface area contributed by atoms with Gasteiger partial charge in [-0.05, 0) is 17.7 Å². The van der Waals surface area contributed by atoms with Crippen molar-refractivity contribution in [2.75, 3.05) is 7.11 Å². The highest BCUT2D eigenvalue weighted by atomic mass is 16.5. The molecule has 0 unspecified atom stereocenters. The molecule has 1 aromatic carbocycles. The van der Waals surface area contributed by atoms with Gasteiger partial charge in [-0.1, -0.05) is 12.1 Å². The molecule has 0 aliphatic carbocycles. The van der Waals surface area contributed by atoms with Gasteiger partial charge in [0.05, 0.1) is 7.11 Å². The molecule has 1 fully saturated rings. The summed E-state index contributed by atoms with van der Waals surface area (Å²) < 4.78 is 5.03. The highest BCUT2D eigenvalue weighted by Gasteiger charge is 2.38. The Morgan fingerprint density at radius 1 is 1.41 bits per heavy atom. The molecule has 1 aliphatic heterocycles. The Bertz CT molecular complexity index is 440. The molecule has 1 heterocycles. The number of carbonyl (C=O) groups is 2. The monoisotopic (exact) mass is 235 g/mol. The van der Waals surface area contributed by atoms with E-state index in [1.165, 1.54) is 0 Å². The summed E-state index contributed by atoms with van der Waals surface area (Å²) in [5.41, 5.74) is 0.830. The smallest absolute Gasteiger partial charge is 0.326 e. The zero-order valence-electron chi connectivity index (χ0n) is 9.34. The fourth-order valence-electron chi connectivity index (χ4n) is 2.05. The average molecular weight is 235 g/mol. The minimum atomic E-state index is -1.00. The third-order valence-corrected chi connectivity index (χ3v) is 2.93. The van der Waals surface area contributed by atoms with E-state index in [1.807, 2.05) is 0 Å². The third kappa shape index (κ3) is 2.22. The molecule has 0 bridgehead atoms. The Morgan fingerprint density at radius 3 is 2.59 bits per heavy atom. The largest absolute Gasteiger partial charge is 0.497 e. The standard InChI is InChI=1S/C12H13NO4/c1-17-8-4-2-7(3-5-8)9-6-10(14)13-11(9)12(15)16/h2-5,9,11H,6H2,1H3,(H,13,14)(H,15,16)/t9-,11+/m0/s1. The maximum Gasteiger partial charge on any atom is 0.326 e. The molecule has 0 spiro atoms. The molecule has 1 saturated heterocycles. The van der Waals surface area contributed by atoms with E-state index in [4.69, 9.17) is 9.84 Å². The van der Waals surface area contributed by atoms with E-state index < -0.39 is 12.0 Å². The number of nitrogens with one attached hydrogen (secondary N) is 1. The average Bonchev–Trinajstić information content (AvgIpc) is 2.72. The SMILES string of the molecule is COc1ccc([C@@H]2CC(=O)N[C@H]2C(=O)O)cc1. The summed E-state index contributed by atoms with van der Waals surface area (Å²) in [5, 5.41) is 11.5. The maximum absolute atomic E-state index is 11.3. The van der Waals surface area contributed by atoms with Crippen molar-refractivity contribution in [1.29, 1.82) is 0 Å². The Labute approximate surface area is 98.4 Å². The van der Waals surface area contributed by atoms with Crippen molar-refractivity contribution in [2.45, 2.75) is 18.4 Å². The van der Waals surface area contributed by atoms with Crippen molar-refractivity contribution in [2.24, 2.45) is 0 Å². The number of carboxylic acid groups (broad SMARTS) is 1. The van der Waals surface area contributed by atoms with Crippen molar-refractivity contribution < 1.29 is 19.4 Å². The quantitative estimate of drug-likeness (QED) is 0.810. The minimum Gasteiger partial charge on any atom is -0.497 e. The maximum atomic E-state index is 11.3. The predicted molar refractivity (Wildman–Crippen MR) is 59.9 cm³/mol. The van der Waals surface area contributed by atoms with Crippen LogP contribution < -0.4 is 10.1 Å². The zero-order chi connectivity index (χ0) is 12.4. The number of carbonyl (C=O) groups excluding carboxylic acids is 1. The van der Waals surface area contributed by atoms with E-state index >= 15 is 0 Å². The van der Waals surface area contributed by atoms with Gasteiger partial charge in [0.25, 0.3) is 0 Å². The van der Waals surface area contributed by atoms with Crippen LogP contribution in [-0.2, 0) is 9.59 Å². The van der Waals surface area contributed by atoms with Crippen molar-refractivity contribution >= 4 is 11.9 Å². The second-order valence-corrected chi connectivity index (χ2v) is 3.97. The number of benzene rings is 1. The van der Waals surface area contributed by atoms with Crippen molar-refractivity contribution in [3.63, 3.8) is 0 Å². The first-order valence-corrected chi connectivity index (χ1v) is 5.28. The van der Waals surface area contributed by atoms with Gasteiger partial charge in [-0.25, -0.2) is 4.79 Å². The number of carboxylic acids is 1. The lowest BCUT2D eigenvalue weighted by molar-refractivity contribution is -0.140. The van der Waals surface area contributed by atoms with E-state index in [0.717, 1.165) is 5.56 Å². The molecular formula is C12H13NO4. The second-order valence-electron chi connectivity index (χ2n) is 3.97. The van der Waals surface area contributed by atoms with E-state index in [9.17, 15) is 9.59 Å². The molecule has 0 saturated carbocycles. The fraction of sp³-hybridized carbons (Fsp3) is 0.333. The number of aliphatic carboxylic acids is 1. The van der Waals surface area contributed by atoms with Gasteiger partial charge in [-0.3, -0.25) is 4.79 Å². The third-order valence-electron chi connectivity index (χ3n) is 2.93. The molecule has 2 N–H and O–H groups in total. The first-order valence-electron chi connectivity index (χ1n) is 5.28. The summed E-state index contributed by atoms with van der Waals surface area (Å²) in [5.74, 6) is -0.835. The summed E-state index contributed by atoms with van der Waals surface area (Å²) in [6, 6.07) is 6.27. The van der Waals surface area contributed by atoms with Crippen LogP contribution >= 0.6 is 0 Å². The summed E-state index contributed by atoms with van der Waals surface area (Å²) in [6.07, 6.45) is 0.212. The first kappa shape index (κ1) is 11.4. The Kier molecular flexibility index (Phi) is 2.99. The summed E-state index contributed by atoms with van der Waals surface area (Å²) in [7, 11) is 1.57.